The second kappa shape index (κ2) is 8.96. The fraction of sp³-hybridized carbons (Fsp3) is 0.280. The minimum atomic E-state index is -3.89. The number of amides is 1. The molecule has 0 radical (unpaired) electrons. The summed E-state index contributed by atoms with van der Waals surface area (Å²) in [7, 11) is -3.89. The molecule has 5 rings (SSSR count). The van der Waals surface area contributed by atoms with E-state index in [1.165, 1.54) is 25.5 Å². The van der Waals surface area contributed by atoms with E-state index in [0.29, 0.717) is 28.4 Å². The van der Waals surface area contributed by atoms with Crippen molar-refractivity contribution >= 4 is 43.3 Å². The van der Waals surface area contributed by atoms with Gasteiger partial charge in [0.05, 0.1) is 16.6 Å². The molecule has 1 N–H and O–H groups in total. The van der Waals surface area contributed by atoms with Crippen LogP contribution in [-0.2, 0) is 14.8 Å². The zero-order valence-electron chi connectivity index (χ0n) is 18.3. The Hall–Kier alpha value is -3.23. The van der Waals surface area contributed by atoms with Gasteiger partial charge in [0.1, 0.15) is 0 Å². The van der Waals surface area contributed by atoms with Gasteiger partial charge in [0.2, 0.25) is 5.91 Å². The van der Waals surface area contributed by atoms with Gasteiger partial charge in [-0.05, 0) is 55.6 Å². The summed E-state index contributed by atoms with van der Waals surface area (Å²) in [6.07, 6.45) is 5.62. The van der Waals surface area contributed by atoms with Gasteiger partial charge in [-0.15, -0.1) is 0 Å². The van der Waals surface area contributed by atoms with Crippen LogP contribution in [0.1, 0.15) is 25.7 Å². The third kappa shape index (κ3) is 4.36. The molecular weight excluding hydrogens is 436 g/mol. The van der Waals surface area contributed by atoms with Crippen LogP contribution in [-0.4, -0.2) is 48.0 Å². The summed E-state index contributed by atoms with van der Waals surface area (Å²) in [4.78, 5) is 14.9. The highest BCUT2D eigenvalue weighted by molar-refractivity contribution is 7.90. The van der Waals surface area contributed by atoms with Crippen LogP contribution in [0.2, 0.25) is 0 Å². The monoisotopic (exact) mass is 462 g/mol. The van der Waals surface area contributed by atoms with Crippen molar-refractivity contribution in [1.82, 2.24) is 14.1 Å². The standard InChI is InChI=1S/C25H26N4O3S/c30-25(13-16-28-14-4-1-5-15-28)27-21-11-12-23-20(17-21)18-26-29(23)33(31,32)24-10-6-8-19-7-2-3-9-22(19)24/h2-3,6-12,17-18H,1,4-5,13-16H2,(H,27,30). The predicted molar refractivity (Wildman–Crippen MR) is 130 cm³/mol. The summed E-state index contributed by atoms with van der Waals surface area (Å²) in [5.74, 6) is -0.0457. The lowest BCUT2D eigenvalue weighted by atomic mass is 10.1. The molecule has 0 aliphatic carbocycles. The quantitative estimate of drug-likeness (QED) is 0.463. The molecular formula is C25H26N4O3S. The largest absolute Gasteiger partial charge is 0.326 e. The lowest BCUT2D eigenvalue weighted by Gasteiger charge is -2.25. The van der Waals surface area contributed by atoms with E-state index in [0.717, 1.165) is 29.1 Å². The van der Waals surface area contributed by atoms with Crippen LogP contribution in [0.5, 0.6) is 0 Å². The summed E-state index contributed by atoms with van der Waals surface area (Å²) in [6, 6.07) is 17.8. The molecule has 3 aromatic carbocycles. The van der Waals surface area contributed by atoms with Gasteiger partial charge in [0, 0.05) is 29.4 Å². The Morgan fingerprint density at radius 3 is 2.58 bits per heavy atom. The first kappa shape index (κ1) is 21.6. The summed E-state index contributed by atoms with van der Waals surface area (Å²) in [6.45, 7) is 2.88. The topological polar surface area (TPSA) is 84.3 Å². The minimum Gasteiger partial charge on any atom is -0.326 e. The number of nitrogens with zero attached hydrogens (tertiary/aromatic N) is 3. The van der Waals surface area contributed by atoms with Gasteiger partial charge in [-0.3, -0.25) is 4.79 Å². The van der Waals surface area contributed by atoms with E-state index in [1.807, 2.05) is 24.3 Å². The first-order chi connectivity index (χ1) is 16.0. The molecule has 1 aliphatic heterocycles. The average Bonchev–Trinajstić information content (AvgIpc) is 3.27. The first-order valence-corrected chi connectivity index (χ1v) is 12.7. The Morgan fingerprint density at radius 2 is 1.73 bits per heavy atom. The van der Waals surface area contributed by atoms with Crippen LogP contribution in [0.4, 0.5) is 5.69 Å². The van der Waals surface area contributed by atoms with E-state index in [4.69, 9.17) is 0 Å². The van der Waals surface area contributed by atoms with Gasteiger partial charge < -0.3 is 10.2 Å². The van der Waals surface area contributed by atoms with Crippen molar-refractivity contribution < 1.29 is 13.2 Å². The normalized spacial score (nSPS) is 15.2. The molecule has 4 aromatic rings. The average molecular weight is 463 g/mol. The number of fused-ring (bicyclic) bond motifs is 2. The van der Waals surface area contributed by atoms with E-state index < -0.39 is 10.0 Å². The maximum Gasteiger partial charge on any atom is 0.284 e. The second-order valence-electron chi connectivity index (χ2n) is 8.44. The third-order valence-electron chi connectivity index (χ3n) is 6.18. The van der Waals surface area contributed by atoms with Crippen molar-refractivity contribution in [2.75, 3.05) is 25.0 Å². The highest BCUT2D eigenvalue weighted by atomic mass is 32.2. The zero-order valence-corrected chi connectivity index (χ0v) is 19.1. The Bertz CT molecular complexity index is 1420. The third-order valence-corrected chi connectivity index (χ3v) is 7.84. The number of nitrogens with one attached hydrogen (secondary N) is 1. The van der Waals surface area contributed by atoms with Crippen LogP contribution < -0.4 is 5.32 Å². The highest BCUT2D eigenvalue weighted by Crippen LogP contribution is 2.28. The van der Waals surface area contributed by atoms with Gasteiger partial charge >= 0.3 is 0 Å². The molecule has 170 valence electrons. The fourth-order valence-corrected chi connectivity index (χ4v) is 5.96. The smallest absolute Gasteiger partial charge is 0.284 e. The van der Waals surface area contributed by atoms with E-state index >= 15 is 0 Å². The molecule has 8 heteroatoms. The SMILES string of the molecule is O=C(CCN1CCCCC1)Nc1ccc2c(cnn2S(=O)(=O)c2cccc3ccccc23)c1. The first-order valence-electron chi connectivity index (χ1n) is 11.3. The lowest BCUT2D eigenvalue weighted by Crippen LogP contribution is -2.32. The minimum absolute atomic E-state index is 0.0457. The van der Waals surface area contributed by atoms with E-state index in [1.54, 1.807) is 36.4 Å². The summed E-state index contributed by atoms with van der Waals surface area (Å²) in [5, 5.41) is 9.25. The van der Waals surface area contributed by atoms with E-state index in [9.17, 15) is 13.2 Å². The summed E-state index contributed by atoms with van der Waals surface area (Å²) in [5.41, 5.74) is 1.10. The van der Waals surface area contributed by atoms with Crippen LogP contribution in [0, 0.1) is 0 Å². The molecule has 0 unspecified atom stereocenters. The van der Waals surface area contributed by atoms with Gasteiger partial charge in [0.25, 0.3) is 10.0 Å². The number of rotatable bonds is 6. The molecule has 1 fully saturated rings. The number of hydrogen-bond donors (Lipinski definition) is 1. The van der Waals surface area contributed by atoms with E-state index in [-0.39, 0.29) is 10.8 Å². The Morgan fingerprint density at radius 1 is 0.939 bits per heavy atom. The maximum atomic E-state index is 13.4. The zero-order chi connectivity index (χ0) is 22.8. The van der Waals surface area contributed by atoms with E-state index in [2.05, 4.69) is 15.3 Å². The second-order valence-corrected chi connectivity index (χ2v) is 10.2. The molecule has 7 nitrogen and oxygen atoms in total. The van der Waals surface area contributed by atoms with Gasteiger partial charge in [0.15, 0.2) is 0 Å². The van der Waals surface area contributed by atoms with Crippen LogP contribution in [0.25, 0.3) is 21.7 Å². The molecule has 1 amide bonds. The molecule has 33 heavy (non-hydrogen) atoms. The molecule has 0 atom stereocenters. The Labute approximate surface area is 193 Å². The predicted octanol–water partition coefficient (Wildman–Crippen LogP) is 4.24. The maximum absolute atomic E-state index is 13.4. The number of hydrogen-bond acceptors (Lipinski definition) is 5. The van der Waals surface area contributed by atoms with Gasteiger partial charge in [-0.1, -0.05) is 42.8 Å². The molecule has 0 bridgehead atoms. The number of carbonyl (C=O) groups excluding carboxylic acids is 1. The molecule has 2 heterocycles. The van der Waals surface area contributed by atoms with Crippen molar-refractivity contribution in [1.29, 1.82) is 0 Å². The highest BCUT2D eigenvalue weighted by Gasteiger charge is 2.23. The molecule has 0 spiro atoms. The Kier molecular flexibility index (Phi) is 5.86. The molecule has 1 aromatic heterocycles. The van der Waals surface area contributed by atoms with Crippen LogP contribution >= 0.6 is 0 Å². The van der Waals surface area contributed by atoms with Crippen molar-refractivity contribution in [3.63, 3.8) is 0 Å². The molecule has 1 saturated heterocycles. The van der Waals surface area contributed by atoms with Gasteiger partial charge in [-0.25, -0.2) is 0 Å². The summed E-state index contributed by atoms with van der Waals surface area (Å²) < 4.78 is 28.0. The van der Waals surface area contributed by atoms with Crippen molar-refractivity contribution in [2.24, 2.45) is 0 Å². The number of anilines is 1. The number of likely N-dealkylation sites (tertiary alicyclic amines) is 1. The molecule has 1 aliphatic rings. The number of carbonyl (C=O) groups is 1. The van der Waals surface area contributed by atoms with Crippen molar-refractivity contribution in [3.05, 3.63) is 66.9 Å². The molecule has 0 saturated carbocycles. The number of piperidine rings is 1. The van der Waals surface area contributed by atoms with Crippen molar-refractivity contribution in [3.8, 4) is 0 Å². The Balaban J connectivity index is 1.37. The van der Waals surface area contributed by atoms with Crippen LogP contribution in [0.15, 0.2) is 71.8 Å². The lowest BCUT2D eigenvalue weighted by molar-refractivity contribution is -0.116. The van der Waals surface area contributed by atoms with Gasteiger partial charge in [-0.2, -0.15) is 17.6 Å². The van der Waals surface area contributed by atoms with Crippen molar-refractivity contribution in [2.45, 2.75) is 30.6 Å². The fourth-order valence-electron chi connectivity index (χ4n) is 4.46. The summed E-state index contributed by atoms with van der Waals surface area (Å²) >= 11 is 0. The number of benzene rings is 3. The number of aromatic nitrogens is 2. The van der Waals surface area contributed by atoms with Crippen LogP contribution in [0.3, 0.4) is 0 Å².